The number of thioether (sulfide) groups is 1. The van der Waals surface area contributed by atoms with E-state index in [1.165, 1.54) is 11.8 Å². The summed E-state index contributed by atoms with van der Waals surface area (Å²) in [7, 11) is 0. The molecular formula is C12H9ClN6S. The minimum Gasteiger partial charge on any atom is -0.249 e. The molecule has 0 bridgehead atoms. The topological polar surface area (TPSA) is 65.8 Å². The average molecular weight is 305 g/mol. The van der Waals surface area contributed by atoms with Crippen molar-refractivity contribution in [2.24, 2.45) is 10.1 Å². The van der Waals surface area contributed by atoms with E-state index in [0.29, 0.717) is 17.0 Å². The molecule has 2 aliphatic heterocycles. The zero-order chi connectivity index (χ0) is 13.6. The molecular weight excluding hydrogens is 296 g/mol. The Bertz CT molecular complexity index is 682. The second-order valence-corrected chi connectivity index (χ2v) is 6.06. The van der Waals surface area contributed by atoms with Gasteiger partial charge >= 0.3 is 0 Å². The lowest BCUT2D eigenvalue weighted by molar-refractivity contribution is 0.352. The number of rotatable bonds is 2. The first-order valence-electron chi connectivity index (χ1n) is 5.99. The van der Waals surface area contributed by atoms with Gasteiger partial charge in [-0.1, -0.05) is 29.4 Å². The summed E-state index contributed by atoms with van der Waals surface area (Å²) in [6.07, 6.45) is 9.31. The van der Waals surface area contributed by atoms with Gasteiger partial charge in [-0.05, 0) is 18.2 Å². The van der Waals surface area contributed by atoms with Crippen LogP contribution in [0.25, 0.3) is 0 Å². The maximum Gasteiger partial charge on any atom is 0.243 e. The van der Waals surface area contributed by atoms with Gasteiger partial charge in [0.2, 0.25) is 5.95 Å². The van der Waals surface area contributed by atoms with E-state index in [-0.39, 0.29) is 0 Å². The fraction of sp³-hybridized carbons (Fsp3) is 0.167. The fourth-order valence-electron chi connectivity index (χ4n) is 2.35. The predicted molar refractivity (Wildman–Crippen MR) is 80.6 cm³/mol. The molecule has 0 radical (unpaired) electrons. The van der Waals surface area contributed by atoms with Gasteiger partial charge in [-0.15, -0.1) is 0 Å². The maximum absolute atomic E-state index is 6.08. The maximum atomic E-state index is 6.08. The van der Waals surface area contributed by atoms with E-state index in [1.807, 2.05) is 18.2 Å². The van der Waals surface area contributed by atoms with Gasteiger partial charge in [0, 0.05) is 17.3 Å². The lowest BCUT2D eigenvalue weighted by Gasteiger charge is -2.24. The van der Waals surface area contributed by atoms with Gasteiger partial charge in [-0.2, -0.15) is 5.10 Å². The number of aromatic nitrogens is 2. The molecule has 1 spiro atoms. The van der Waals surface area contributed by atoms with Crippen LogP contribution in [0.4, 0.5) is 5.95 Å². The Kier molecular flexibility index (Phi) is 2.58. The number of halogens is 1. The zero-order valence-electron chi connectivity index (χ0n) is 10.2. The molecule has 6 nitrogen and oxygen atoms in total. The summed E-state index contributed by atoms with van der Waals surface area (Å²) in [6.45, 7) is 0.569. The molecule has 1 aromatic heterocycles. The van der Waals surface area contributed by atoms with Gasteiger partial charge in [-0.25, -0.2) is 25.5 Å². The number of aliphatic imine (C=N–C) groups is 1. The van der Waals surface area contributed by atoms with Crippen LogP contribution in [0.15, 0.2) is 51.7 Å². The Morgan fingerprint density at radius 3 is 3.05 bits per heavy atom. The largest absolute Gasteiger partial charge is 0.249 e. The highest BCUT2D eigenvalue weighted by molar-refractivity contribution is 8.20. The van der Waals surface area contributed by atoms with Gasteiger partial charge in [0.25, 0.3) is 0 Å². The second kappa shape index (κ2) is 4.32. The number of hydrazone groups is 1. The van der Waals surface area contributed by atoms with Crippen LogP contribution in [0.1, 0.15) is 0 Å². The van der Waals surface area contributed by atoms with Crippen molar-refractivity contribution in [3.63, 3.8) is 0 Å². The number of allylic oxidation sites excluding steroid dienone is 2. The monoisotopic (exact) mass is 304 g/mol. The summed E-state index contributed by atoms with van der Waals surface area (Å²) < 4.78 is 0.547. The number of anilines is 1. The summed E-state index contributed by atoms with van der Waals surface area (Å²) in [5.74, 6) is 0.502. The highest BCUT2D eigenvalue weighted by atomic mass is 35.5. The van der Waals surface area contributed by atoms with Gasteiger partial charge < -0.3 is 0 Å². The third kappa shape index (κ3) is 1.74. The van der Waals surface area contributed by atoms with Crippen LogP contribution in [0, 0.1) is 0 Å². The van der Waals surface area contributed by atoms with Crippen LogP contribution in [-0.4, -0.2) is 37.4 Å². The van der Waals surface area contributed by atoms with Crippen LogP contribution in [0.3, 0.4) is 0 Å². The molecule has 0 saturated heterocycles. The highest BCUT2D eigenvalue weighted by Gasteiger charge is 2.50. The van der Waals surface area contributed by atoms with Crippen molar-refractivity contribution in [3.8, 4) is 0 Å². The van der Waals surface area contributed by atoms with Crippen molar-refractivity contribution >= 4 is 39.5 Å². The summed E-state index contributed by atoms with van der Waals surface area (Å²) in [5.41, 5.74) is 3.46. The minimum absolute atomic E-state index is 0.474. The molecule has 20 heavy (non-hydrogen) atoms. The van der Waals surface area contributed by atoms with Crippen LogP contribution in [-0.2, 0) is 0 Å². The van der Waals surface area contributed by atoms with Crippen molar-refractivity contribution in [2.45, 2.75) is 5.54 Å². The first-order valence-corrected chi connectivity index (χ1v) is 7.18. The van der Waals surface area contributed by atoms with Gasteiger partial charge in [0.15, 0.2) is 10.0 Å². The quantitative estimate of drug-likeness (QED) is 0.905. The molecule has 4 rings (SSSR count). The molecule has 8 heteroatoms. The van der Waals surface area contributed by atoms with E-state index in [4.69, 9.17) is 11.6 Å². The molecule has 0 saturated carbocycles. The number of hydrogen-bond donors (Lipinski definition) is 1. The number of nitrogens with one attached hydrogen (secondary N) is 1. The molecule has 1 unspecified atom stereocenters. The van der Waals surface area contributed by atoms with Crippen molar-refractivity contribution in [3.05, 3.63) is 41.6 Å². The Hall–Kier alpha value is -1.86. The van der Waals surface area contributed by atoms with E-state index >= 15 is 0 Å². The predicted octanol–water partition coefficient (Wildman–Crippen LogP) is 2.01. The van der Waals surface area contributed by atoms with Gasteiger partial charge in [0.05, 0.1) is 12.3 Å². The Balaban J connectivity index is 1.65. The molecule has 0 amide bonds. The molecule has 3 aliphatic rings. The Morgan fingerprint density at radius 1 is 1.35 bits per heavy atom. The Morgan fingerprint density at radius 2 is 2.20 bits per heavy atom. The number of nitrogens with zero attached hydrogens (tertiary/aromatic N) is 5. The molecule has 3 heterocycles. The molecule has 0 aromatic carbocycles. The van der Waals surface area contributed by atoms with E-state index in [0.717, 1.165) is 10.6 Å². The number of hydrazine groups is 1. The average Bonchev–Trinajstić information content (AvgIpc) is 2.94. The lowest BCUT2D eigenvalue weighted by Crippen LogP contribution is -2.40. The SMILES string of the molecule is ClC1=NC23CN(Nc4ncccn4)N=C2C=CC=C3S1. The molecule has 100 valence electrons. The molecule has 1 atom stereocenters. The molecule has 1 aromatic rings. The van der Waals surface area contributed by atoms with Crippen LogP contribution in [0.5, 0.6) is 0 Å². The highest BCUT2D eigenvalue weighted by Crippen LogP contribution is 2.46. The van der Waals surface area contributed by atoms with Gasteiger partial charge in [0.1, 0.15) is 0 Å². The van der Waals surface area contributed by atoms with E-state index < -0.39 is 5.54 Å². The second-order valence-electron chi connectivity index (χ2n) is 4.44. The normalized spacial score (nSPS) is 26.6. The molecule has 1 aliphatic carbocycles. The van der Waals surface area contributed by atoms with Crippen molar-refractivity contribution in [1.29, 1.82) is 0 Å². The first-order chi connectivity index (χ1) is 9.76. The van der Waals surface area contributed by atoms with E-state index in [9.17, 15) is 0 Å². The van der Waals surface area contributed by atoms with E-state index in [2.05, 4.69) is 25.5 Å². The standard InChI is InChI=1S/C12H9ClN6S/c13-10-16-12-7-19(18-11-14-5-2-6-15-11)17-8(12)3-1-4-9(12)20-10/h1-6H,7H2,(H,14,15,18). The lowest BCUT2D eigenvalue weighted by atomic mass is 9.90. The van der Waals surface area contributed by atoms with Crippen molar-refractivity contribution in [2.75, 3.05) is 12.0 Å². The summed E-state index contributed by atoms with van der Waals surface area (Å²) >= 11 is 7.57. The Labute approximate surface area is 124 Å². The summed E-state index contributed by atoms with van der Waals surface area (Å²) in [5, 5.41) is 6.23. The third-order valence-corrected chi connectivity index (χ3v) is 4.48. The summed E-state index contributed by atoms with van der Waals surface area (Å²) in [4.78, 5) is 13.9. The van der Waals surface area contributed by atoms with Crippen LogP contribution < -0.4 is 5.43 Å². The zero-order valence-corrected chi connectivity index (χ0v) is 11.8. The van der Waals surface area contributed by atoms with E-state index in [1.54, 1.807) is 23.6 Å². The summed E-state index contributed by atoms with van der Waals surface area (Å²) in [6, 6.07) is 1.76. The smallest absolute Gasteiger partial charge is 0.243 e. The van der Waals surface area contributed by atoms with Crippen molar-refractivity contribution < 1.29 is 0 Å². The molecule has 0 fully saturated rings. The third-order valence-electron chi connectivity index (χ3n) is 3.21. The molecule has 1 N–H and O–H groups in total. The van der Waals surface area contributed by atoms with Crippen LogP contribution in [0.2, 0.25) is 0 Å². The van der Waals surface area contributed by atoms with Gasteiger partial charge in [-0.3, -0.25) is 0 Å². The first kappa shape index (κ1) is 11.9. The minimum atomic E-state index is -0.474. The number of hydrogen-bond acceptors (Lipinski definition) is 7. The van der Waals surface area contributed by atoms with Crippen molar-refractivity contribution in [1.82, 2.24) is 15.1 Å². The fourth-order valence-corrected chi connectivity index (χ4v) is 3.66. The van der Waals surface area contributed by atoms with Crippen LogP contribution >= 0.6 is 23.4 Å².